The molecule has 0 bridgehead atoms. The van der Waals surface area contributed by atoms with Gasteiger partial charge in [0.15, 0.2) is 5.84 Å². The molecule has 2 N–H and O–H groups in total. The molecular formula is C21H15ClFN5O2. The van der Waals surface area contributed by atoms with Crippen molar-refractivity contribution in [1.29, 1.82) is 0 Å². The highest BCUT2D eigenvalue weighted by molar-refractivity contribution is 6.31. The van der Waals surface area contributed by atoms with Crippen molar-refractivity contribution in [1.82, 2.24) is 10.5 Å². The van der Waals surface area contributed by atoms with E-state index in [-0.39, 0.29) is 12.2 Å². The van der Waals surface area contributed by atoms with Crippen LogP contribution in [0.5, 0.6) is 0 Å². The average molecular weight is 424 g/mol. The number of carbonyl (C=O) groups excluding carboxylic acids is 1. The first-order chi connectivity index (χ1) is 14.6. The van der Waals surface area contributed by atoms with Gasteiger partial charge in [0.1, 0.15) is 12.4 Å². The van der Waals surface area contributed by atoms with E-state index in [9.17, 15) is 9.18 Å². The number of aromatic nitrogens is 1. The van der Waals surface area contributed by atoms with Crippen LogP contribution < -0.4 is 10.8 Å². The molecule has 30 heavy (non-hydrogen) atoms. The van der Waals surface area contributed by atoms with Crippen molar-refractivity contribution < 1.29 is 14.0 Å². The second-order valence-corrected chi connectivity index (χ2v) is 6.66. The lowest BCUT2D eigenvalue weighted by atomic mass is 10.0. The number of amides is 1. The number of halogens is 2. The van der Waals surface area contributed by atoms with Crippen LogP contribution in [-0.4, -0.2) is 29.2 Å². The number of pyridine rings is 1. The summed E-state index contributed by atoms with van der Waals surface area (Å²) in [6.45, 7) is 0.117. The van der Waals surface area contributed by atoms with Crippen molar-refractivity contribution in [3.8, 4) is 0 Å². The number of benzene rings is 2. The Bertz CT molecular complexity index is 1150. The van der Waals surface area contributed by atoms with Gasteiger partial charge in [-0.05, 0) is 48.5 Å². The van der Waals surface area contributed by atoms with Crippen LogP contribution >= 0.6 is 11.6 Å². The number of nitrogens with zero attached hydrogens (tertiary/aromatic N) is 3. The third kappa shape index (κ3) is 4.61. The molecule has 7 nitrogen and oxygen atoms in total. The van der Waals surface area contributed by atoms with E-state index in [4.69, 9.17) is 16.4 Å². The molecule has 9 heteroatoms. The lowest BCUT2D eigenvalue weighted by molar-refractivity contribution is 0.134. The van der Waals surface area contributed by atoms with Gasteiger partial charge in [-0.25, -0.2) is 19.7 Å². The van der Waals surface area contributed by atoms with E-state index in [0.717, 1.165) is 0 Å². The van der Waals surface area contributed by atoms with Crippen molar-refractivity contribution >= 4 is 40.6 Å². The Morgan fingerprint density at radius 3 is 2.80 bits per heavy atom. The first-order valence-electron chi connectivity index (χ1n) is 8.91. The fourth-order valence-corrected chi connectivity index (χ4v) is 2.98. The molecule has 1 aliphatic rings. The van der Waals surface area contributed by atoms with Crippen molar-refractivity contribution in [2.75, 3.05) is 11.9 Å². The van der Waals surface area contributed by atoms with Crippen LogP contribution in [0.25, 0.3) is 0 Å². The molecule has 0 radical (unpaired) electrons. The summed E-state index contributed by atoms with van der Waals surface area (Å²) < 4.78 is 13.2. The Labute approximate surface area is 176 Å². The van der Waals surface area contributed by atoms with Gasteiger partial charge in [-0.2, -0.15) is 0 Å². The van der Waals surface area contributed by atoms with Gasteiger partial charge in [0.05, 0.1) is 17.1 Å². The van der Waals surface area contributed by atoms with Crippen LogP contribution in [-0.2, 0) is 4.84 Å². The molecule has 0 saturated carbocycles. The van der Waals surface area contributed by atoms with E-state index in [1.54, 1.807) is 24.4 Å². The predicted molar refractivity (Wildman–Crippen MR) is 113 cm³/mol. The zero-order valence-electron chi connectivity index (χ0n) is 15.5. The Kier molecular flexibility index (Phi) is 5.67. The van der Waals surface area contributed by atoms with E-state index < -0.39 is 11.9 Å². The number of nitrogens with one attached hydrogen (secondary N) is 2. The maximum Gasteiger partial charge on any atom is 0.435 e. The van der Waals surface area contributed by atoms with Crippen LogP contribution in [0.3, 0.4) is 0 Å². The van der Waals surface area contributed by atoms with Gasteiger partial charge in [0.2, 0.25) is 0 Å². The summed E-state index contributed by atoms with van der Waals surface area (Å²) in [5, 5.41) is 2.95. The number of hydrogen-bond donors (Lipinski definition) is 2. The fourth-order valence-electron chi connectivity index (χ4n) is 2.81. The summed E-state index contributed by atoms with van der Waals surface area (Å²) in [6, 6.07) is 16.2. The van der Waals surface area contributed by atoms with E-state index in [1.165, 1.54) is 24.3 Å². The lowest BCUT2D eigenvalue weighted by Crippen LogP contribution is -2.31. The predicted octanol–water partition coefficient (Wildman–Crippen LogP) is 4.51. The number of hydroxylamine groups is 1. The van der Waals surface area contributed by atoms with Crippen LogP contribution in [0, 0.1) is 5.82 Å². The molecule has 1 aliphatic heterocycles. The SMILES string of the molecule is O=C(Nc1cccc(F)c1)ONC1=Nc2ccc(Cl)cc2C(c2ccccn2)=NC1. The van der Waals surface area contributed by atoms with Crippen LogP contribution in [0.1, 0.15) is 11.3 Å². The summed E-state index contributed by atoms with van der Waals surface area (Å²) in [5.41, 5.74) is 5.37. The summed E-state index contributed by atoms with van der Waals surface area (Å²) in [7, 11) is 0. The van der Waals surface area contributed by atoms with Gasteiger partial charge in [-0.1, -0.05) is 23.7 Å². The molecule has 1 amide bonds. The first kappa shape index (κ1) is 19.5. The lowest BCUT2D eigenvalue weighted by Gasteiger charge is -2.09. The summed E-state index contributed by atoms with van der Waals surface area (Å²) >= 11 is 6.17. The Balaban J connectivity index is 1.53. The molecule has 1 aromatic heterocycles. The normalized spacial score (nSPS) is 12.7. The molecular weight excluding hydrogens is 409 g/mol. The minimum absolute atomic E-state index is 0.117. The topological polar surface area (TPSA) is 88.0 Å². The van der Waals surface area contributed by atoms with Gasteiger partial charge >= 0.3 is 6.09 Å². The molecule has 3 aromatic rings. The zero-order chi connectivity index (χ0) is 20.9. The molecule has 0 fully saturated rings. The zero-order valence-corrected chi connectivity index (χ0v) is 16.2. The first-order valence-corrected chi connectivity index (χ1v) is 9.29. The van der Waals surface area contributed by atoms with E-state index >= 15 is 0 Å². The molecule has 2 heterocycles. The van der Waals surface area contributed by atoms with Gasteiger partial charge in [-0.15, -0.1) is 0 Å². The summed E-state index contributed by atoms with van der Waals surface area (Å²) in [6.07, 6.45) is 0.852. The van der Waals surface area contributed by atoms with Crippen molar-refractivity contribution in [2.45, 2.75) is 0 Å². The quantitative estimate of drug-likeness (QED) is 0.594. The van der Waals surface area contributed by atoms with Crippen LogP contribution in [0.4, 0.5) is 20.6 Å². The van der Waals surface area contributed by atoms with Crippen molar-refractivity contribution in [3.05, 3.63) is 89.0 Å². The van der Waals surface area contributed by atoms with E-state index in [2.05, 4.69) is 25.8 Å². The van der Waals surface area contributed by atoms with Gasteiger partial charge in [0.25, 0.3) is 0 Å². The second-order valence-electron chi connectivity index (χ2n) is 6.23. The minimum atomic E-state index is -0.821. The van der Waals surface area contributed by atoms with E-state index in [1.807, 2.05) is 18.2 Å². The molecule has 150 valence electrons. The highest BCUT2D eigenvalue weighted by Gasteiger charge is 2.18. The van der Waals surface area contributed by atoms with Crippen LogP contribution in [0.2, 0.25) is 5.02 Å². The van der Waals surface area contributed by atoms with Gasteiger partial charge in [0, 0.05) is 22.5 Å². The number of amidine groups is 1. The fraction of sp³-hybridized carbons (Fsp3) is 0.0476. The maximum absolute atomic E-state index is 13.2. The maximum atomic E-state index is 13.2. The number of aliphatic imine (C=N–C) groups is 2. The second kappa shape index (κ2) is 8.71. The van der Waals surface area contributed by atoms with Crippen molar-refractivity contribution in [3.63, 3.8) is 0 Å². The number of fused-ring (bicyclic) bond motifs is 1. The standard InChI is InChI=1S/C21H15ClFN5O2/c22-13-7-8-17-16(10-13)20(18-6-1-2-9-24-18)25-12-19(27-17)28-30-21(29)26-15-5-3-4-14(23)11-15/h1-11H,12H2,(H,26,29)(H,27,28). The highest BCUT2D eigenvalue weighted by Crippen LogP contribution is 2.27. The number of hydrogen-bond acceptors (Lipinski definition) is 6. The average Bonchev–Trinajstić information content (AvgIpc) is 2.92. The van der Waals surface area contributed by atoms with E-state index in [0.29, 0.717) is 33.5 Å². The molecule has 0 unspecified atom stereocenters. The molecule has 2 aromatic carbocycles. The summed E-state index contributed by atoms with van der Waals surface area (Å²) in [5.74, 6) is -0.167. The van der Waals surface area contributed by atoms with Gasteiger partial charge in [-0.3, -0.25) is 15.3 Å². The monoisotopic (exact) mass is 423 g/mol. The largest absolute Gasteiger partial charge is 0.435 e. The highest BCUT2D eigenvalue weighted by atomic mass is 35.5. The number of anilines is 1. The third-order valence-corrected chi connectivity index (χ3v) is 4.33. The molecule has 0 aliphatic carbocycles. The third-order valence-electron chi connectivity index (χ3n) is 4.10. The molecule has 0 saturated heterocycles. The Morgan fingerprint density at radius 1 is 1.10 bits per heavy atom. The molecule has 0 spiro atoms. The number of carbonyl (C=O) groups is 1. The van der Waals surface area contributed by atoms with Crippen molar-refractivity contribution in [2.24, 2.45) is 9.98 Å². The summed E-state index contributed by atoms with van der Waals surface area (Å²) in [4.78, 5) is 30.4. The molecule has 4 rings (SSSR count). The minimum Gasteiger partial charge on any atom is -0.323 e. The molecule has 0 atom stereocenters. The van der Waals surface area contributed by atoms with Gasteiger partial charge < -0.3 is 4.84 Å². The number of rotatable bonds is 2. The smallest absolute Gasteiger partial charge is 0.323 e. The van der Waals surface area contributed by atoms with Crippen LogP contribution in [0.15, 0.2) is 76.8 Å². The Morgan fingerprint density at radius 2 is 2.00 bits per heavy atom. The Hall–Kier alpha value is -3.78.